The summed E-state index contributed by atoms with van der Waals surface area (Å²) >= 11 is 0. The standard InChI is InChI=1S/C5H12N2/c1-7-5(6)3-2-4-5/h7H,2-4,6H2,1H3. The van der Waals surface area contributed by atoms with Crippen molar-refractivity contribution in [2.24, 2.45) is 5.73 Å². The van der Waals surface area contributed by atoms with Crippen LogP contribution in [0.5, 0.6) is 0 Å². The van der Waals surface area contributed by atoms with Crippen molar-refractivity contribution in [3.63, 3.8) is 0 Å². The Bertz CT molecular complexity index is 61.0. The zero-order valence-electron chi connectivity index (χ0n) is 4.70. The lowest BCUT2D eigenvalue weighted by Crippen LogP contribution is -2.56. The molecule has 3 N–H and O–H groups in total. The minimum Gasteiger partial charge on any atom is -0.313 e. The van der Waals surface area contributed by atoms with Crippen LogP contribution in [0.2, 0.25) is 0 Å². The Kier molecular flexibility index (Phi) is 1.05. The largest absolute Gasteiger partial charge is 0.313 e. The average molecular weight is 100 g/mol. The zero-order valence-corrected chi connectivity index (χ0v) is 4.70. The van der Waals surface area contributed by atoms with E-state index in [9.17, 15) is 0 Å². The van der Waals surface area contributed by atoms with Gasteiger partial charge in [0.25, 0.3) is 0 Å². The van der Waals surface area contributed by atoms with Crippen molar-refractivity contribution in [3.05, 3.63) is 0 Å². The lowest BCUT2D eigenvalue weighted by Gasteiger charge is -2.37. The Morgan fingerprint density at radius 1 is 1.57 bits per heavy atom. The van der Waals surface area contributed by atoms with Crippen LogP contribution in [0.1, 0.15) is 19.3 Å². The van der Waals surface area contributed by atoms with E-state index in [1.165, 1.54) is 6.42 Å². The summed E-state index contributed by atoms with van der Waals surface area (Å²) in [4.78, 5) is 0. The van der Waals surface area contributed by atoms with Crippen LogP contribution in [-0.4, -0.2) is 12.7 Å². The van der Waals surface area contributed by atoms with Gasteiger partial charge in [-0.05, 0) is 26.3 Å². The number of hydrogen-bond acceptors (Lipinski definition) is 2. The lowest BCUT2D eigenvalue weighted by atomic mass is 9.86. The molecule has 1 saturated carbocycles. The molecule has 1 rings (SSSR count). The van der Waals surface area contributed by atoms with Gasteiger partial charge in [-0.2, -0.15) is 0 Å². The molecule has 1 aliphatic carbocycles. The second kappa shape index (κ2) is 1.46. The van der Waals surface area contributed by atoms with Gasteiger partial charge in [-0.1, -0.05) is 0 Å². The minimum atomic E-state index is 0.0139. The molecule has 0 heterocycles. The monoisotopic (exact) mass is 100 g/mol. The van der Waals surface area contributed by atoms with E-state index < -0.39 is 0 Å². The molecule has 0 aromatic carbocycles. The van der Waals surface area contributed by atoms with Crippen molar-refractivity contribution in [1.82, 2.24) is 5.32 Å². The third-order valence-corrected chi connectivity index (χ3v) is 1.74. The summed E-state index contributed by atoms with van der Waals surface area (Å²) in [5.41, 5.74) is 5.70. The van der Waals surface area contributed by atoms with Gasteiger partial charge in [-0.3, -0.25) is 0 Å². The first kappa shape index (κ1) is 5.06. The highest BCUT2D eigenvalue weighted by molar-refractivity contribution is 4.88. The predicted molar refractivity (Wildman–Crippen MR) is 29.8 cm³/mol. The van der Waals surface area contributed by atoms with Crippen molar-refractivity contribution in [3.8, 4) is 0 Å². The van der Waals surface area contributed by atoms with Gasteiger partial charge < -0.3 is 11.1 Å². The molecule has 1 aliphatic rings. The third kappa shape index (κ3) is 0.763. The fraction of sp³-hybridized carbons (Fsp3) is 1.00. The summed E-state index contributed by atoms with van der Waals surface area (Å²) in [6.07, 6.45) is 3.57. The molecule has 0 radical (unpaired) electrons. The van der Waals surface area contributed by atoms with Crippen LogP contribution in [0.4, 0.5) is 0 Å². The van der Waals surface area contributed by atoms with E-state index in [0.29, 0.717) is 0 Å². The van der Waals surface area contributed by atoms with Gasteiger partial charge in [-0.25, -0.2) is 0 Å². The van der Waals surface area contributed by atoms with Crippen LogP contribution in [-0.2, 0) is 0 Å². The van der Waals surface area contributed by atoms with Gasteiger partial charge in [0.1, 0.15) is 0 Å². The van der Waals surface area contributed by atoms with E-state index in [2.05, 4.69) is 5.32 Å². The molecule has 2 heteroatoms. The van der Waals surface area contributed by atoms with Gasteiger partial charge in [0.05, 0.1) is 5.66 Å². The minimum absolute atomic E-state index is 0.0139. The number of hydrogen-bond donors (Lipinski definition) is 2. The van der Waals surface area contributed by atoms with E-state index in [1.807, 2.05) is 7.05 Å². The topological polar surface area (TPSA) is 38.0 Å². The molecule has 0 bridgehead atoms. The van der Waals surface area contributed by atoms with Crippen molar-refractivity contribution in [1.29, 1.82) is 0 Å². The van der Waals surface area contributed by atoms with E-state index >= 15 is 0 Å². The maximum Gasteiger partial charge on any atom is 0.0659 e. The highest BCUT2D eigenvalue weighted by Gasteiger charge is 2.29. The summed E-state index contributed by atoms with van der Waals surface area (Å²) in [6.45, 7) is 0. The van der Waals surface area contributed by atoms with Crippen molar-refractivity contribution >= 4 is 0 Å². The highest BCUT2D eigenvalue weighted by Crippen LogP contribution is 2.24. The molecular weight excluding hydrogens is 88.1 g/mol. The van der Waals surface area contributed by atoms with E-state index in [0.717, 1.165) is 12.8 Å². The molecule has 0 aliphatic heterocycles. The molecule has 0 atom stereocenters. The molecule has 0 aromatic rings. The van der Waals surface area contributed by atoms with Gasteiger partial charge >= 0.3 is 0 Å². The average Bonchev–Trinajstić information content (AvgIpc) is 1.61. The highest BCUT2D eigenvalue weighted by atomic mass is 15.1. The first-order chi connectivity index (χ1) is 3.27. The van der Waals surface area contributed by atoms with Gasteiger partial charge in [0.15, 0.2) is 0 Å². The van der Waals surface area contributed by atoms with Crippen LogP contribution < -0.4 is 11.1 Å². The van der Waals surface area contributed by atoms with E-state index in [4.69, 9.17) is 5.73 Å². The third-order valence-electron chi connectivity index (χ3n) is 1.74. The summed E-state index contributed by atoms with van der Waals surface area (Å²) in [7, 11) is 1.92. The molecule has 0 spiro atoms. The first-order valence-electron chi connectivity index (χ1n) is 2.75. The Morgan fingerprint density at radius 2 is 2.14 bits per heavy atom. The quantitative estimate of drug-likeness (QED) is 0.457. The smallest absolute Gasteiger partial charge is 0.0659 e. The summed E-state index contributed by atoms with van der Waals surface area (Å²) in [5.74, 6) is 0. The van der Waals surface area contributed by atoms with Gasteiger partial charge in [0.2, 0.25) is 0 Å². The predicted octanol–water partition coefficient (Wildman–Crippen LogP) is 0.0447. The second-order valence-corrected chi connectivity index (χ2v) is 2.26. The summed E-state index contributed by atoms with van der Waals surface area (Å²) in [5, 5.41) is 3.06. The first-order valence-corrected chi connectivity index (χ1v) is 2.75. The second-order valence-electron chi connectivity index (χ2n) is 2.26. The van der Waals surface area contributed by atoms with Crippen LogP contribution >= 0.6 is 0 Å². The summed E-state index contributed by atoms with van der Waals surface area (Å²) < 4.78 is 0. The Labute approximate surface area is 44.1 Å². The van der Waals surface area contributed by atoms with Crippen LogP contribution in [0, 0.1) is 0 Å². The van der Waals surface area contributed by atoms with Crippen molar-refractivity contribution in [2.75, 3.05) is 7.05 Å². The normalized spacial score (nSPS) is 26.6. The molecule has 42 valence electrons. The number of nitrogens with one attached hydrogen (secondary N) is 1. The number of rotatable bonds is 1. The summed E-state index contributed by atoms with van der Waals surface area (Å²) in [6, 6.07) is 0. The lowest BCUT2D eigenvalue weighted by molar-refractivity contribution is 0.208. The Morgan fingerprint density at radius 3 is 2.14 bits per heavy atom. The maximum absolute atomic E-state index is 5.69. The Balaban J connectivity index is 2.29. The van der Waals surface area contributed by atoms with E-state index in [-0.39, 0.29) is 5.66 Å². The fourth-order valence-corrected chi connectivity index (χ4v) is 0.808. The Hall–Kier alpha value is -0.0800. The van der Waals surface area contributed by atoms with Crippen LogP contribution in [0.15, 0.2) is 0 Å². The molecular formula is C5H12N2. The molecule has 0 saturated heterocycles. The van der Waals surface area contributed by atoms with E-state index in [1.54, 1.807) is 0 Å². The maximum atomic E-state index is 5.69. The molecule has 0 unspecified atom stereocenters. The van der Waals surface area contributed by atoms with Gasteiger partial charge in [0, 0.05) is 0 Å². The SMILES string of the molecule is CNC1(N)CCC1. The molecule has 0 amide bonds. The molecule has 0 aromatic heterocycles. The van der Waals surface area contributed by atoms with Gasteiger partial charge in [-0.15, -0.1) is 0 Å². The molecule has 7 heavy (non-hydrogen) atoms. The number of nitrogens with two attached hydrogens (primary N) is 1. The van der Waals surface area contributed by atoms with Crippen molar-refractivity contribution < 1.29 is 0 Å². The fourth-order valence-electron chi connectivity index (χ4n) is 0.808. The zero-order chi connectivity index (χ0) is 5.33. The van der Waals surface area contributed by atoms with Crippen LogP contribution in [0.3, 0.4) is 0 Å². The molecule has 1 fully saturated rings. The molecule has 2 nitrogen and oxygen atoms in total. The van der Waals surface area contributed by atoms with Crippen molar-refractivity contribution in [2.45, 2.75) is 24.9 Å². The van der Waals surface area contributed by atoms with Crippen LogP contribution in [0.25, 0.3) is 0 Å².